The van der Waals surface area contributed by atoms with Crippen LogP contribution in [-0.4, -0.2) is 31.5 Å². The van der Waals surface area contributed by atoms with E-state index in [2.05, 4.69) is 0 Å². The van der Waals surface area contributed by atoms with Gasteiger partial charge in [-0.25, -0.2) is 0 Å². The molecule has 2 aromatic rings. The number of hydrogen-bond donors (Lipinski definition) is 0. The summed E-state index contributed by atoms with van der Waals surface area (Å²) in [6, 6.07) is 12.0. The Hall–Kier alpha value is -2.07. The zero-order chi connectivity index (χ0) is 15.9. The molecule has 0 saturated heterocycles. The molecular weight excluding hydrogens is 294 g/mol. The van der Waals surface area contributed by atoms with Crippen LogP contribution in [-0.2, 0) is 11.2 Å². The molecule has 2 rings (SSSR count). The number of carbonyl (C=O) groups excluding carboxylic acids is 1. The lowest BCUT2D eigenvalue weighted by Gasteiger charge is -2.17. The van der Waals surface area contributed by atoms with Crippen molar-refractivity contribution in [2.75, 3.05) is 20.7 Å². The molecule has 0 fully saturated rings. The van der Waals surface area contributed by atoms with Gasteiger partial charge in [-0.3, -0.25) is 4.79 Å². The van der Waals surface area contributed by atoms with E-state index in [-0.39, 0.29) is 5.91 Å². The van der Waals surface area contributed by atoms with Crippen LogP contribution < -0.4 is 4.74 Å². The van der Waals surface area contributed by atoms with E-state index < -0.39 is 0 Å². The molecule has 1 amide bonds. The van der Waals surface area contributed by atoms with Crippen LogP contribution in [0.15, 0.2) is 47.4 Å². The second kappa shape index (κ2) is 7.80. The lowest BCUT2D eigenvalue weighted by atomic mass is 10.1. The zero-order valence-electron chi connectivity index (χ0n) is 13.2. The lowest BCUT2D eigenvalue weighted by Crippen LogP contribution is -2.29. The van der Waals surface area contributed by atoms with E-state index in [9.17, 15) is 4.79 Å². The van der Waals surface area contributed by atoms with Crippen molar-refractivity contribution in [3.05, 3.63) is 57.8 Å². The molecule has 4 heteroatoms. The van der Waals surface area contributed by atoms with Gasteiger partial charge in [0.05, 0.1) is 7.11 Å². The highest BCUT2D eigenvalue weighted by Gasteiger charge is 2.11. The molecule has 0 spiro atoms. The molecule has 1 heterocycles. The number of nitrogens with zero attached hydrogens (tertiary/aromatic N) is 1. The maximum atomic E-state index is 12.3. The van der Waals surface area contributed by atoms with Gasteiger partial charge in [0.15, 0.2) is 0 Å². The van der Waals surface area contributed by atoms with Gasteiger partial charge < -0.3 is 9.64 Å². The van der Waals surface area contributed by atoms with Gasteiger partial charge in [0.25, 0.3) is 0 Å². The van der Waals surface area contributed by atoms with Crippen LogP contribution in [0, 0.1) is 0 Å². The fourth-order valence-corrected chi connectivity index (χ4v) is 2.86. The molecule has 0 unspecified atom stereocenters. The van der Waals surface area contributed by atoms with Gasteiger partial charge in [-0.2, -0.15) is 0 Å². The van der Waals surface area contributed by atoms with E-state index in [4.69, 9.17) is 4.74 Å². The fraction of sp³-hybridized carbons (Fsp3) is 0.278. The van der Waals surface area contributed by atoms with Crippen LogP contribution in [0.2, 0.25) is 0 Å². The van der Waals surface area contributed by atoms with E-state index in [1.54, 1.807) is 23.3 Å². The second-order valence-corrected chi connectivity index (χ2v) is 6.15. The molecule has 1 aromatic heterocycles. The Morgan fingerprint density at radius 1 is 1.27 bits per heavy atom. The topological polar surface area (TPSA) is 29.5 Å². The minimum Gasteiger partial charge on any atom is -0.497 e. The molecule has 116 valence electrons. The Kier molecular flexibility index (Phi) is 5.78. The summed E-state index contributed by atoms with van der Waals surface area (Å²) in [5.74, 6) is 0.921. The molecule has 0 atom stereocenters. The summed E-state index contributed by atoms with van der Waals surface area (Å²) >= 11 is 1.64. The first-order valence-electron chi connectivity index (χ1n) is 7.20. The molecule has 0 bridgehead atoms. The highest BCUT2D eigenvalue weighted by atomic mass is 32.1. The molecule has 3 nitrogen and oxygen atoms in total. The minimum atomic E-state index is 0.0712. The average molecular weight is 315 g/mol. The molecule has 1 aromatic carbocycles. The fourth-order valence-electron chi connectivity index (χ4n) is 2.14. The highest BCUT2D eigenvalue weighted by Crippen LogP contribution is 2.15. The zero-order valence-corrected chi connectivity index (χ0v) is 14.0. The van der Waals surface area contributed by atoms with Crippen molar-refractivity contribution in [1.29, 1.82) is 0 Å². The van der Waals surface area contributed by atoms with Crippen molar-refractivity contribution in [3.8, 4) is 5.75 Å². The van der Waals surface area contributed by atoms with Gasteiger partial charge in [0.1, 0.15) is 5.75 Å². The van der Waals surface area contributed by atoms with Crippen molar-refractivity contribution in [2.24, 2.45) is 0 Å². The van der Waals surface area contributed by atoms with E-state index >= 15 is 0 Å². The lowest BCUT2D eigenvalue weighted by molar-refractivity contribution is -0.125. The van der Waals surface area contributed by atoms with Gasteiger partial charge >= 0.3 is 0 Å². The van der Waals surface area contributed by atoms with Crippen LogP contribution in [0.25, 0.3) is 6.08 Å². The predicted molar refractivity (Wildman–Crippen MR) is 92.3 cm³/mol. The summed E-state index contributed by atoms with van der Waals surface area (Å²) in [6.07, 6.45) is 2.77. The van der Waals surface area contributed by atoms with Crippen molar-refractivity contribution < 1.29 is 9.53 Å². The van der Waals surface area contributed by atoms with E-state index in [1.807, 2.05) is 61.8 Å². The van der Waals surface area contributed by atoms with Crippen molar-refractivity contribution in [2.45, 2.75) is 13.3 Å². The Balaban J connectivity index is 1.90. The smallest absolute Gasteiger partial charge is 0.249 e. The van der Waals surface area contributed by atoms with Crippen molar-refractivity contribution in [3.63, 3.8) is 0 Å². The Labute approximate surface area is 135 Å². The van der Waals surface area contributed by atoms with Gasteiger partial charge in [-0.1, -0.05) is 18.2 Å². The first-order chi connectivity index (χ1) is 10.6. The van der Waals surface area contributed by atoms with Crippen LogP contribution in [0.4, 0.5) is 0 Å². The molecular formula is C18H21NO2S. The van der Waals surface area contributed by atoms with Crippen LogP contribution in [0.1, 0.15) is 17.4 Å². The number of rotatable bonds is 6. The number of amides is 1. The Morgan fingerprint density at radius 2 is 2.00 bits per heavy atom. The normalized spacial score (nSPS) is 11.3. The third-order valence-electron chi connectivity index (χ3n) is 3.48. The van der Waals surface area contributed by atoms with Gasteiger partial charge in [0, 0.05) is 24.0 Å². The molecule has 0 aliphatic carbocycles. The van der Waals surface area contributed by atoms with Gasteiger partial charge in [-0.15, -0.1) is 11.3 Å². The summed E-state index contributed by atoms with van der Waals surface area (Å²) in [4.78, 5) is 15.2. The average Bonchev–Trinajstić information content (AvgIpc) is 3.05. The first kappa shape index (κ1) is 16.3. The number of ether oxygens (including phenoxy) is 1. The predicted octanol–water partition coefficient (Wildman–Crippen LogP) is 3.86. The van der Waals surface area contributed by atoms with Crippen LogP contribution in [0.3, 0.4) is 0 Å². The standard InChI is InChI=1S/C18H21NO2S/c1-14(13-17-5-4-12-22-17)18(20)19(2)11-10-15-6-8-16(21-3)9-7-15/h4-9,12-13H,10-11H2,1-3H3/b14-13+. The van der Waals surface area contributed by atoms with Crippen molar-refractivity contribution >= 4 is 23.3 Å². The maximum absolute atomic E-state index is 12.3. The third kappa shape index (κ3) is 4.46. The van der Waals surface area contributed by atoms with E-state index in [1.165, 1.54) is 5.56 Å². The summed E-state index contributed by atoms with van der Waals surface area (Å²) in [6.45, 7) is 2.56. The Bertz CT molecular complexity index is 630. The van der Waals surface area contributed by atoms with E-state index in [0.29, 0.717) is 6.54 Å². The maximum Gasteiger partial charge on any atom is 0.249 e. The molecule has 0 radical (unpaired) electrons. The van der Waals surface area contributed by atoms with Crippen LogP contribution in [0.5, 0.6) is 5.75 Å². The highest BCUT2D eigenvalue weighted by molar-refractivity contribution is 7.10. The van der Waals surface area contributed by atoms with Gasteiger partial charge in [0.2, 0.25) is 5.91 Å². The summed E-state index contributed by atoms with van der Waals surface area (Å²) < 4.78 is 5.14. The SMILES string of the molecule is COc1ccc(CCN(C)C(=O)/C(C)=C/c2cccs2)cc1. The number of carbonyl (C=O) groups is 1. The number of hydrogen-bond acceptors (Lipinski definition) is 3. The molecule has 0 aliphatic heterocycles. The van der Waals surface area contributed by atoms with Gasteiger partial charge in [-0.05, 0) is 48.6 Å². The minimum absolute atomic E-state index is 0.0712. The molecule has 0 saturated carbocycles. The second-order valence-electron chi connectivity index (χ2n) is 5.17. The Morgan fingerprint density at radius 3 is 2.59 bits per heavy atom. The van der Waals surface area contributed by atoms with Crippen LogP contribution >= 0.6 is 11.3 Å². The van der Waals surface area contributed by atoms with E-state index in [0.717, 1.165) is 22.6 Å². The monoisotopic (exact) mass is 315 g/mol. The molecule has 0 N–H and O–H groups in total. The molecule has 22 heavy (non-hydrogen) atoms. The van der Waals surface area contributed by atoms with Crippen molar-refractivity contribution in [1.82, 2.24) is 4.90 Å². The summed E-state index contributed by atoms with van der Waals surface area (Å²) in [7, 11) is 3.50. The number of likely N-dealkylation sites (N-methyl/N-ethyl adjacent to an activating group) is 1. The largest absolute Gasteiger partial charge is 0.497 e. The molecule has 0 aliphatic rings. The summed E-state index contributed by atoms with van der Waals surface area (Å²) in [5.41, 5.74) is 1.96. The first-order valence-corrected chi connectivity index (χ1v) is 8.08. The third-order valence-corrected chi connectivity index (χ3v) is 4.30. The summed E-state index contributed by atoms with van der Waals surface area (Å²) in [5, 5.41) is 2.01. The quantitative estimate of drug-likeness (QED) is 0.758. The number of benzene rings is 1. The number of thiophene rings is 1. The number of methoxy groups -OCH3 is 1.